The molecule has 0 saturated heterocycles. The first-order valence-corrected chi connectivity index (χ1v) is 5.64. The summed E-state index contributed by atoms with van der Waals surface area (Å²) in [5, 5.41) is 19.7. The van der Waals surface area contributed by atoms with Gasteiger partial charge in [-0.05, 0) is 36.4 Å². The smallest absolute Gasteiger partial charge is 0.258 e. The quantitative estimate of drug-likeness (QED) is 0.729. The predicted octanol–water partition coefficient (Wildman–Crippen LogP) is 1.69. The van der Waals surface area contributed by atoms with Crippen LogP contribution in [0.4, 0.5) is 5.95 Å². The molecule has 3 rings (SSSR count). The standard InChI is InChI=1S/C13H10N4O2/c18-10-6-4-9(5-7-10)12(19)14-13-16-15-11-3-1-2-8-17(11)13/h1-8,18H,(H,14,16,19). The SMILES string of the molecule is O=C(Nc1nnc2ccccn12)c1ccc(O)cc1. The average Bonchev–Trinajstić information content (AvgIpc) is 2.83. The van der Waals surface area contributed by atoms with E-state index in [0.717, 1.165) is 0 Å². The molecule has 6 nitrogen and oxygen atoms in total. The van der Waals surface area contributed by atoms with E-state index in [1.54, 1.807) is 16.7 Å². The number of anilines is 1. The molecule has 1 aromatic carbocycles. The number of nitrogens with one attached hydrogen (secondary N) is 1. The number of nitrogens with zero attached hydrogens (tertiary/aromatic N) is 3. The third-order valence-electron chi connectivity index (χ3n) is 2.67. The number of rotatable bonds is 2. The van der Waals surface area contributed by atoms with Gasteiger partial charge in [-0.15, -0.1) is 10.2 Å². The Kier molecular flexibility index (Phi) is 2.60. The Hall–Kier alpha value is -2.89. The minimum Gasteiger partial charge on any atom is -0.508 e. The Labute approximate surface area is 108 Å². The van der Waals surface area contributed by atoms with Crippen molar-refractivity contribution in [2.45, 2.75) is 0 Å². The molecule has 0 unspecified atom stereocenters. The van der Waals surface area contributed by atoms with Gasteiger partial charge in [0.2, 0.25) is 5.95 Å². The van der Waals surface area contributed by atoms with Gasteiger partial charge in [-0.1, -0.05) is 6.07 Å². The van der Waals surface area contributed by atoms with E-state index in [4.69, 9.17) is 0 Å². The number of hydrogen-bond donors (Lipinski definition) is 2. The molecule has 19 heavy (non-hydrogen) atoms. The first-order chi connectivity index (χ1) is 9.24. The molecule has 0 aliphatic rings. The van der Waals surface area contributed by atoms with Gasteiger partial charge in [-0.2, -0.15) is 0 Å². The molecule has 2 N–H and O–H groups in total. The normalized spacial score (nSPS) is 10.5. The number of hydrogen-bond acceptors (Lipinski definition) is 4. The van der Waals surface area contributed by atoms with E-state index in [-0.39, 0.29) is 11.7 Å². The molecule has 94 valence electrons. The van der Waals surface area contributed by atoms with Crippen LogP contribution in [-0.4, -0.2) is 25.6 Å². The monoisotopic (exact) mass is 254 g/mol. The number of pyridine rings is 1. The molecule has 0 aliphatic heterocycles. The molecular weight excluding hydrogens is 244 g/mol. The zero-order chi connectivity index (χ0) is 13.2. The lowest BCUT2D eigenvalue weighted by Crippen LogP contribution is -2.13. The minimum atomic E-state index is -0.307. The van der Waals surface area contributed by atoms with E-state index in [0.29, 0.717) is 17.2 Å². The first-order valence-electron chi connectivity index (χ1n) is 5.64. The van der Waals surface area contributed by atoms with Gasteiger partial charge in [-0.25, -0.2) is 0 Å². The van der Waals surface area contributed by atoms with E-state index >= 15 is 0 Å². The summed E-state index contributed by atoms with van der Waals surface area (Å²) in [6.07, 6.45) is 1.77. The Bertz CT molecular complexity index is 734. The molecule has 6 heteroatoms. The largest absolute Gasteiger partial charge is 0.508 e. The number of fused-ring (bicyclic) bond motifs is 1. The molecule has 1 amide bonds. The minimum absolute atomic E-state index is 0.115. The predicted molar refractivity (Wildman–Crippen MR) is 69.0 cm³/mol. The van der Waals surface area contributed by atoms with Gasteiger partial charge in [-0.3, -0.25) is 14.5 Å². The zero-order valence-electron chi connectivity index (χ0n) is 9.82. The second-order valence-electron chi connectivity index (χ2n) is 3.95. The van der Waals surface area contributed by atoms with Crippen molar-refractivity contribution in [2.24, 2.45) is 0 Å². The van der Waals surface area contributed by atoms with Crippen molar-refractivity contribution >= 4 is 17.5 Å². The maximum absolute atomic E-state index is 12.0. The van der Waals surface area contributed by atoms with Crippen LogP contribution in [0.15, 0.2) is 48.7 Å². The molecule has 0 spiro atoms. The maximum atomic E-state index is 12.0. The summed E-state index contributed by atoms with van der Waals surface area (Å²) >= 11 is 0. The van der Waals surface area contributed by atoms with E-state index in [2.05, 4.69) is 15.5 Å². The number of carbonyl (C=O) groups is 1. The molecule has 3 aromatic rings. The van der Waals surface area contributed by atoms with Gasteiger partial charge in [0.25, 0.3) is 5.91 Å². The van der Waals surface area contributed by atoms with E-state index in [9.17, 15) is 9.90 Å². The van der Waals surface area contributed by atoms with Crippen molar-refractivity contribution < 1.29 is 9.90 Å². The highest BCUT2D eigenvalue weighted by Gasteiger charge is 2.10. The molecule has 2 aromatic heterocycles. The topological polar surface area (TPSA) is 79.5 Å². The molecule has 0 aliphatic carbocycles. The molecule has 0 bridgehead atoms. The summed E-state index contributed by atoms with van der Waals surface area (Å²) in [7, 11) is 0. The van der Waals surface area contributed by atoms with Crippen LogP contribution in [0.1, 0.15) is 10.4 Å². The number of aromatic hydroxyl groups is 1. The maximum Gasteiger partial charge on any atom is 0.258 e. The van der Waals surface area contributed by atoms with Gasteiger partial charge in [0, 0.05) is 11.8 Å². The van der Waals surface area contributed by atoms with Crippen LogP contribution in [-0.2, 0) is 0 Å². The fourth-order valence-electron chi connectivity index (χ4n) is 1.71. The highest BCUT2D eigenvalue weighted by Crippen LogP contribution is 2.12. The third-order valence-corrected chi connectivity index (χ3v) is 2.67. The van der Waals surface area contributed by atoms with Crippen LogP contribution in [0.25, 0.3) is 5.65 Å². The van der Waals surface area contributed by atoms with Crippen molar-refractivity contribution in [2.75, 3.05) is 5.32 Å². The summed E-state index contributed by atoms with van der Waals surface area (Å²) in [5.41, 5.74) is 1.09. The Morgan fingerprint density at radius 3 is 2.68 bits per heavy atom. The number of amides is 1. The first kappa shape index (κ1) is 11.2. The van der Waals surface area contributed by atoms with Crippen LogP contribution in [0.2, 0.25) is 0 Å². The van der Waals surface area contributed by atoms with E-state index in [1.165, 1.54) is 24.3 Å². The second kappa shape index (κ2) is 4.41. The summed E-state index contributed by atoms with van der Waals surface area (Å²) in [6, 6.07) is 11.4. The number of aromatic nitrogens is 3. The van der Waals surface area contributed by atoms with Gasteiger partial charge in [0.15, 0.2) is 5.65 Å². The Balaban J connectivity index is 1.89. The van der Waals surface area contributed by atoms with Gasteiger partial charge in [0.1, 0.15) is 5.75 Å². The average molecular weight is 254 g/mol. The molecule has 2 heterocycles. The fraction of sp³-hybridized carbons (Fsp3) is 0. The lowest BCUT2D eigenvalue weighted by molar-refractivity contribution is 0.102. The van der Waals surface area contributed by atoms with Gasteiger partial charge >= 0.3 is 0 Å². The Morgan fingerprint density at radius 2 is 1.89 bits per heavy atom. The Morgan fingerprint density at radius 1 is 1.11 bits per heavy atom. The van der Waals surface area contributed by atoms with E-state index in [1.807, 2.05) is 12.1 Å². The van der Waals surface area contributed by atoms with Crippen LogP contribution >= 0.6 is 0 Å². The lowest BCUT2D eigenvalue weighted by Gasteiger charge is -2.03. The van der Waals surface area contributed by atoms with Crippen molar-refractivity contribution in [3.63, 3.8) is 0 Å². The number of carbonyl (C=O) groups excluding carboxylic acids is 1. The lowest BCUT2D eigenvalue weighted by atomic mass is 10.2. The number of phenols is 1. The highest BCUT2D eigenvalue weighted by molar-refractivity contribution is 6.03. The van der Waals surface area contributed by atoms with Crippen molar-refractivity contribution in [3.8, 4) is 5.75 Å². The van der Waals surface area contributed by atoms with Gasteiger partial charge in [0.05, 0.1) is 0 Å². The van der Waals surface area contributed by atoms with Crippen LogP contribution in [0.3, 0.4) is 0 Å². The van der Waals surface area contributed by atoms with Crippen molar-refractivity contribution in [1.29, 1.82) is 0 Å². The third kappa shape index (κ3) is 2.11. The second-order valence-corrected chi connectivity index (χ2v) is 3.95. The summed E-state index contributed by atoms with van der Waals surface area (Å²) in [4.78, 5) is 12.0. The van der Waals surface area contributed by atoms with Gasteiger partial charge < -0.3 is 5.11 Å². The molecule has 0 fully saturated rings. The summed E-state index contributed by atoms with van der Waals surface area (Å²) in [5.74, 6) is 0.163. The molecular formula is C13H10N4O2. The van der Waals surface area contributed by atoms with E-state index < -0.39 is 0 Å². The van der Waals surface area contributed by atoms with Crippen LogP contribution < -0.4 is 5.32 Å². The number of benzene rings is 1. The van der Waals surface area contributed by atoms with Crippen LogP contribution in [0, 0.1) is 0 Å². The molecule has 0 saturated carbocycles. The zero-order valence-corrected chi connectivity index (χ0v) is 9.82. The van der Waals surface area contributed by atoms with Crippen LogP contribution in [0.5, 0.6) is 5.75 Å². The fourth-order valence-corrected chi connectivity index (χ4v) is 1.71. The summed E-state index contributed by atoms with van der Waals surface area (Å²) < 4.78 is 1.68. The molecule has 0 radical (unpaired) electrons. The molecule has 0 atom stereocenters. The highest BCUT2D eigenvalue weighted by atomic mass is 16.3. The number of phenolic OH excluding ortho intramolecular Hbond substituents is 1. The van der Waals surface area contributed by atoms with Crippen molar-refractivity contribution in [3.05, 3.63) is 54.2 Å². The summed E-state index contributed by atoms with van der Waals surface area (Å²) in [6.45, 7) is 0. The van der Waals surface area contributed by atoms with Crippen molar-refractivity contribution in [1.82, 2.24) is 14.6 Å².